The summed E-state index contributed by atoms with van der Waals surface area (Å²) in [5.74, 6) is -0.505. The highest BCUT2D eigenvalue weighted by Crippen LogP contribution is 2.20. The highest BCUT2D eigenvalue weighted by Gasteiger charge is 2.17. The van der Waals surface area contributed by atoms with Crippen molar-refractivity contribution in [2.45, 2.75) is 20.4 Å². The fourth-order valence-corrected chi connectivity index (χ4v) is 2.81. The molecule has 0 aliphatic heterocycles. The summed E-state index contributed by atoms with van der Waals surface area (Å²) in [6, 6.07) is 12.8. The molecule has 0 saturated carbocycles. The highest BCUT2D eigenvalue weighted by atomic mass is 79.9. The number of fused-ring (bicyclic) bond motifs is 1. The van der Waals surface area contributed by atoms with Gasteiger partial charge in [-0.2, -0.15) is 0 Å². The zero-order chi connectivity index (χ0) is 17.3. The van der Waals surface area contributed by atoms with Crippen molar-refractivity contribution in [1.29, 1.82) is 0 Å². The third-order valence-electron chi connectivity index (χ3n) is 3.80. The number of hydrogen-bond acceptors (Lipinski definition) is 3. The predicted octanol–water partition coefficient (Wildman–Crippen LogP) is 3.74. The van der Waals surface area contributed by atoms with Gasteiger partial charge in [-0.15, -0.1) is 0 Å². The number of carbonyl (C=O) groups is 1. The number of hydrogen-bond donors (Lipinski definition) is 1. The van der Waals surface area contributed by atoms with Crippen molar-refractivity contribution >= 4 is 38.6 Å². The van der Waals surface area contributed by atoms with Crippen LogP contribution in [0.15, 0.2) is 51.7 Å². The van der Waals surface area contributed by atoms with Crippen LogP contribution in [0.5, 0.6) is 0 Å². The van der Waals surface area contributed by atoms with Gasteiger partial charge in [-0.3, -0.25) is 9.59 Å². The number of rotatable bonds is 3. The molecule has 0 saturated heterocycles. The zero-order valence-electron chi connectivity index (χ0n) is 13.3. The molecule has 0 bridgehead atoms. The minimum atomic E-state index is -0.505. The summed E-state index contributed by atoms with van der Waals surface area (Å²) in [6.07, 6.45) is 0. The molecule has 0 aliphatic carbocycles. The molecule has 5 nitrogen and oxygen atoms in total. The molecule has 0 aliphatic rings. The van der Waals surface area contributed by atoms with E-state index in [1.165, 1.54) is 0 Å². The summed E-state index contributed by atoms with van der Waals surface area (Å²) in [6.45, 7) is 4.27. The maximum atomic E-state index is 12.6. The molecule has 1 heterocycles. The molecule has 0 fully saturated rings. The molecule has 122 valence electrons. The van der Waals surface area contributed by atoms with Crippen molar-refractivity contribution in [1.82, 2.24) is 9.55 Å². The molecule has 0 atom stereocenters. The number of carbonyl (C=O) groups excluding carboxylic acids is 1. The third-order valence-corrected chi connectivity index (χ3v) is 4.69. The Morgan fingerprint density at radius 1 is 1.25 bits per heavy atom. The van der Waals surface area contributed by atoms with Gasteiger partial charge in [-0.05, 0) is 49.7 Å². The molecule has 2 aromatic carbocycles. The van der Waals surface area contributed by atoms with E-state index in [2.05, 4.69) is 26.2 Å². The molecule has 0 unspecified atom stereocenters. The van der Waals surface area contributed by atoms with Gasteiger partial charge in [0.1, 0.15) is 0 Å². The number of halogens is 1. The summed E-state index contributed by atoms with van der Waals surface area (Å²) in [5, 5.41) is 2.75. The molecule has 6 heteroatoms. The number of amides is 1. The minimum Gasteiger partial charge on any atom is -0.320 e. The molecule has 3 aromatic rings. The van der Waals surface area contributed by atoms with Gasteiger partial charge >= 0.3 is 0 Å². The van der Waals surface area contributed by atoms with Crippen LogP contribution in [-0.2, 0) is 6.54 Å². The maximum absolute atomic E-state index is 12.6. The lowest BCUT2D eigenvalue weighted by Gasteiger charge is -2.11. The van der Waals surface area contributed by atoms with E-state index >= 15 is 0 Å². The topological polar surface area (TPSA) is 64.0 Å². The highest BCUT2D eigenvalue weighted by molar-refractivity contribution is 9.10. The van der Waals surface area contributed by atoms with Crippen LogP contribution in [0.3, 0.4) is 0 Å². The summed E-state index contributed by atoms with van der Waals surface area (Å²) in [5.41, 5.74) is 2.47. The second-order valence-electron chi connectivity index (χ2n) is 5.42. The Hall–Kier alpha value is -2.47. The number of anilines is 1. The van der Waals surface area contributed by atoms with Gasteiger partial charge in [0, 0.05) is 16.7 Å². The van der Waals surface area contributed by atoms with Gasteiger partial charge in [0.2, 0.25) is 0 Å². The average Bonchev–Trinajstić information content (AvgIpc) is 2.57. The fourth-order valence-electron chi connectivity index (χ4n) is 2.57. The second-order valence-corrected chi connectivity index (χ2v) is 6.27. The number of nitrogens with zero attached hydrogens (tertiary/aromatic N) is 2. The van der Waals surface area contributed by atoms with Crippen molar-refractivity contribution in [3.63, 3.8) is 0 Å². The smallest absolute Gasteiger partial charge is 0.282 e. The standard InChI is InChI=1S/C18H16BrN3O2/c1-3-22-15-7-5-4-6-14(15)21-16(18(22)24)17(23)20-12-8-9-13(19)11(2)10-12/h4-10H,3H2,1-2H3,(H,20,23). The van der Waals surface area contributed by atoms with E-state index in [0.717, 1.165) is 15.6 Å². The number of aromatic nitrogens is 2. The Labute approximate surface area is 147 Å². The predicted molar refractivity (Wildman–Crippen MR) is 98.5 cm³/mol. The normalized spacial score (nSPS) is 10.8. The first-order valence-corrected chi connectivity index (χ1v) is 8.37. The first-order valence-electron chi connectivity index (χ1n) is 7.58. The fraction of sp³-hybridized carbons (Fsp3) is 0.167. The Bertz CT molecular complexity index is 995. The van der Waals surface area contributed by atoms with E-state index in [0.29, 0.717) is 17.7 Å². The van der Waals surface area contributed by atoms with Crippen LogP contribution in [0.2, 0.25) is 0 Å². The van der Waals surface area contributed by atoms with E-state index in [1.807, 2.05) is 44.2 Å². The van der Waals surface area contributed by atoms with E-state index < -0.39 is 5.91 Å². The molecular formula is C18H16BrN3O2. The lowest BCUT2D eigenvalue weighted by Crippen LogP contribution is -2.31. The van der Waals surface area contributed by atoms with Crippen LogP contribution in [0.25, 0.3) is 11.0 Å². The minimum absolute atomic E-state index is 0.101. The van der Waals surface area contributed by atoms with Crippen LogP contribution < -0.4 is 10.9 Å². The van der Waals surface area contributed by atoms with Gasteiger partial charge in [0.05, 0.1) is 11.0 Å². The Balaban J connectivity index is 2.05. The molecule has 3 rings (SSSR count). The summed E-state index contributed by atoms with van der Waals surface area (Å²) in [4.78, 5) is 29.4. The van der Waals surface area contributed by atoms with Crippen LogP contribution in [0, 0.1) is 6.92 Å². The SMILES string of the molecule is CCn1c(=O)c(C(=O)Nc2ccc(Br)c(C)c2)nc2ccccc21. The van der Waals surface area contributed by atoms with Gasteiger partial charge in [-0.1, -0.05) is 28.1 Å². The van der Waals surface area contributed by atoms with Crippen molar-refractivity contribution in [2.24, 2.45) is 0 Å². The average molecular weight is 386 g/mol. The number of nitrogens with one attached hydrogen (secondary N) is 1. The van der Waals surface area contributed by atoms with E-state index in [4.69, 9.17) is 0 Å². The zero-order valence-corrected chi connectivity index (χ0v) is 14.9. The van der Waals surface area contributed by atoms with Gasteiger partial charge < -0.3 is 9.88 Å². The van der Waals surface area contributed by atoms with Crippen LogP contribution in [0.1, 0.15) is 23.0 Å². The summed E-state index contributed by atoms with van der Waals surface area (Å²) < 4.78 is 2.52. The summed E-state index contributed by atoms with van der Waals surface area (Å²) in [7, 11) is 0. The van der Waals surface area contributed by atoms with Crippen LogP contribution >= 0.6 is 15.9 Å². The van der Waals surface area contributed by atoms with Gasteiger partial charge in [-0.25, -0.2) is 4.98 Å². The first kappa shape index (κ1) is 16.4. The van der Waals surface area contributed by atoms with Crippen molar-refractivity contribution in [3.8, 4) is 0 Å². The van der Waals surface area contributed by atoms with Crippen LogP contribution in [0.4, 0.5) is 5.69 Å². The van der Waals surface area contributed by atoms with Gasteiger partial charge in [0.25, 0.3) is 11.5 Å². The van der Waals surface area contributed by atoms with Crippen molar-refractivity contribution < 1.29 is 4.79 Å². The molecule has 24 heavy (non-hydrogen) atoms. The van der Waals surface area contributed by atoms with Crippen molar-refractivity contribution in [2.75, 3.05) is 5.32 Å². The Morgan fingerprint density at radius 3 is 2.71 bits per heavy atom. The molecule has 0 spiro atoms. The number of para-hydroxylation sites is 2. The third kappa shape index (κ3) is 2.97. The second kappa shape index (κ2) is 6.57. The van der Waals surface area contributed by atoms with E-state index in [9.17, 15) is 9.59 Å². The number of benzene rings is 2. The molecule has 0 radical (unpaired) electrons. The molecule has 1 aromatic heterocycles. The Kier molecular flexibility index (Phi) is 4.49. The lowest BCUT2D eigenvalue weighted by atomic mass is 10.2. The summed E-state index contributed by atoms with van der Waals surface area (Å²) >= 11 is 3.42. The molecular weight excluding hydrogens is 370 g/mol. The Morgan fingerprint density at radius 2 is 2.00 bits per heavy atom. The molecule has 1 amide bonds. The largest absolute Gasteiger partial charge is 0.320 e. The maximum Gasteiger partial charge on any atom is 0.282 e. The number of aryl methyl sites for hydroxylation is 2. The molecule has 1 N–H and O–H groups in total. The monoisotopic (exact) mass is 385 g/mol. The van der Waals surface area contributed by atoms with E-state index in [-0.39, 0.29) is 11.3 Å². The van der Waals surface area contributed by atoms with Crippen LogP contribution in [-0.4, -0.2) is 15.5 Å². The van der Waals surface area contributed by atoms with E-state index in [1.54, 1.807) is 16.7 Å². The first-order chi connectivity index (χ1) is 11.5. The lowest BCUT2D eigenvalue weighted by molar-refractivity contribution is 0.102. The van der Waals surface area contributed by atoms with Crippen molar-refractivity contribution in [3.05, 3.63) is 68.5 Å². The van der Waals surface area contributed by atoms with Gasteiger partial charge in [0.15, 0.2) is 5.69 Å². The quantitative estimate of drug-likeness (QED) is 0.746.